The van der Waals surface area contributed by atoms with E-state index in [1.54, 1.807) is 6.20 Å². The number of anilines is 1. The molecule has 0 amide bonds. The number of pyridine rings is 1. The summed E-state index contributed by atoms with van der Waals surface area (Å²) in [5.74, 6) is 0.0130. The summed E-state index contributed by atoms with van der Waals surface area (Å²) in [6, 6.07) is 3.77. The van der Waals surface area contributed by atoms with Gasteiger partial charge in [-0.3, -0.25) is 9.78 Å². The minimum Gasteiger partial charge on any atom is -0.372 e. The van der Waals surface area contributed by atoms with E-state index >= 15 is 0 Å². The summed E-state index contributed by atoms with van der Waals surface area (Å²) in [4.78, 5) is 17.3. The van der Waals surface area contributed by atoms with Gasteiger partial charge in [-0.25, -0.2) is 0 Å². The zero-order chi connectivity index (χ0) is 10.6. The largest absolute Gasteiger partial charge is 0.372 e. The molecular formula is C11H16N2O. The summed E-state index contributed by atoms with van der Waals surface area (Å²) in [5.41, 5.74) is 1.60. The molecule has 0 radical (unpaired) electrons. The van der Waals surface area contributed by atoms with Gasteiger partial charge in [-0.2, -0.15) is 0 Å². The van der Waals surface area contributed by atoms with Crippen LogP contribution in [0.4, 0.5) is 5.69 Å². The van der Waals surface area contributed by atoms with Crippen molar-refractivity contribution in [2.24, 2.45) is 0 Å². The van der Waals surface area contributed by atoms with Crippen LogP contribution in [-0.4, -0.2) is 23.9 Å². The Morgan fingerprint density at radius 3 is 2.57 bits per heavy atom. The van der Waals surface area contributed by atoms with Gasteiger partial charge < -0.3 is 4.90 Å². The van der Waals surface area contributed by atoms with Gasteiger partial charge in [0.2, 0.25) is 0 Å². The number of hydrogen-bond donors (Lipinski definition) is 0. The van der Waals surface area contributed by atoms with Gasteiger partial charge in [0.15, 0.2) is 5.78 Å². The van der Waals surface area contributed by atoms with Crippen LogP contribution in [0.2, 0.25) is 0 Å². The van der Waals surface area contributed by atoms with E-state index in [-0.39, 0.29) is 5.78 Å². The first-order chi connectivity index (χ1) is 6.69. The molecular weight excluding hydrogens is 176 g/mol. The summed E-state index contributed by atoms with van der Waals surface area (Å²) in [5, 5.41) is 0. The van der Waals surface area contributed by atoms with E-state index in [1.807, 2.05) is 12.1 Å². The minimum atomic E-state index is 0.0130. The summed E-state index contributed by atoms with van der Waals surface area (Å²) >= 11 is 0. The van der Waals surface area contributed by atoms with E-state index in [1.165, 1.54) is 6.92 Å². The van der Waals surface area contributed by atoms with Crippen LogP contribution in [0.3, 0.4) is 0 Å². The van der Waals surface area contributed by atoms with Gasteiger partial charge in [0.1, 0.15) is 5.69 Å². The quantitative estimate of drug-likeness (QED) is 0.685. The molecule has 0 saturated heterocycles. The molecule has 76 valence electrons. The highest BCUT2D eigenvalue weighted by molar-refractivity contribution is 5.92. The van der Waals surface area contributed by atoms with Gasteiger partial charge in [0.25, 0.3) is 0 Å². The first-order valence-corrected chi connectivity index (χ1v) is 4.91. The van der Waals surface area contributed by atoms with Gasteiger partial charge in [-0.15, -0.1) is 0 Å². The van der Waals surface area contributed by atoms with E-state index in [2.05, 4.69) is 23.7 Å². The number of aromatic nitrogens is 1. The molecule has 0 unspecified atom stereocenters. The van der Waals surface area contributed by atoms with Crippen molar-refractivity contribution in [2.75, 3.05) is 18.0 Å². The predicted octanol–water partition coefficient (Wildman–Crippen LogP) is 2.13. The van der Waals surface area contributed by atoms with E-state index in [0.29, 0.717) is 5.69 Å². The monoisotopic (exact) mass is 192 g/mol. The Morgan fingerprint density at radius 1 is 1.43 bits per heavy atom. The molecule has 1 aromatic rings. The number of ketones is 1. The Labute approximate surface area is 84.8 Å². The third kappa shape index (κ3) is 2.31. The zero-order valence-electron chi connectivity index (χ0n) is 8.95. The van der Waals surface area contributed by atoms with E-state index in [4.69, 9.17) is 0 Å². The maximum Gasteiger partial charge on any atom is 0.178 e. The van der Waals surface area contributed by atoms with Crippen LogP contribution in [0.15, 0.2) is 18.3 Å². The fourth-order valence-corrected chi connectivity index (χ4v) is 1.40. The van der Waals surface area contributed by atoms with Crippen molar-refractivity contribution in [3.63, 3.8) is 0 Å². The molecule has 0 bridgehead atoms. The molecule has 0 spiro atoms. The fraction of sp³-hybridized carbons (Fsp3) is 0.455. The average Bonchev–Trinajstić information content (AvgIpc) is 2.20. The normalized spacial score (nSPS) is 9.93. The second-order valence-electron chi connectivity index (χ2n) is 3.13. The van der Waals surface area contributed by atoms with Gasteiger partial charge >= 0.3 is 0 Å². The number of Topliss-reactive ketones (excluding diaryl/α,β-unsaturated/α-hetero) is 1. The van der Waals surface area contributed by atoms with Crippen molar-refractivity contribution in [1.82, 2.24) is 4.98 Å². The van der Waals surface area contributed by atoms with Crippen LogP contribution in [0.25, 0.3) is 0 Å². The van der Waals surface area contributed by atoms with Crippen molar-refractivity contribution in [3.8, 4) is 0 Å². The van der Waals surface area contributed by atoms with Gasteiger partial charge in [-0.1, -0.05) is 0 Å². The van der Waals surface area contributed by atoms with Crippen LogP contribution in [0.1, 0.15) is 31.3 Å². The van der Waals surface area contributed by atoms with Gasteiger partial charge in [0.05, 0.1) is 0 Å². The number of carbonyl (C=O) groups is 1. The Balaban J connectivity index is 2.98. The van der Waals surface area contributed by atoms with Crippen LogP contribution >= 0.6 is 0 Å². The first-order valence-electron chi connectivity index (χ1n) is 4.91. The third-order valence-electron chi connectivity index (χ3n) is 2.23. The Kier molecular flexibility index (Phi) is 3.63. The van der Waals surface area contributed by atoms with E-state index < -0.39 is 0 Å². The lowest BCUT2D eigenvalue weighted by Crippen LogP contribution is -2.22. The van der Waals surface area contributed by atoms with Gasteiger partial charge in [0, 0.05) is 31.9 Å². The van der Waals surface area contributed by atoms with Crippen molar-refractivity contribution >= 4 is 11.5 Å². The lowest BCUT2D eigenvalue weighted by atomic mass is 10.2. The smallest absolute Gasteiger partial charge is 0.178 e. The van der Waals surface area contributed by atoms with Crippen LogP contribution in [-0.2, 0) is 0 Å². The first kappa shape index (κ1) is 10.7. The SMILES string of the molecule is CCN(CC)c1ccnc(C(C)=O)c1. The molecule has 0 aliphatic heterocycles. The van der Waals surface area contributed by atoms with Crippen molar-refractivity contribution in [2.45, 2.75) is 20.8 Å². The molecule has 0 saturated carbocycles. The number of rotatable bonds is 4. The zero-order valence-corrected chi connectivity index (χ0v) is 8.95. The lowest BCUT2D eigenvalue weighted by Gasteiger charge is -2.20. The van der Waals surface area contributed by atoms with Crippen LogP contribution in [0, 0.1) is 0 Å². The lowest BCUT2D eigenvalue weighted by molar-refractivity contribution is 0.101. The highest BCUT2D eigenvalue weighted by atomic mass is 16.1. The third-order valence-corrected chi connectivity index (χ3v) is 2.23. The van der Waals surface area contributed by atoms with Crippen molar-refractivity contribution < 1.29 is 4.79 Å². The highest BCUT2D eigenvalue weighted by Gasteiger charge is 2.05. The molecule has 0 atom stereocenters. The highest BCUT2D eigenvalue weighted by Crippen LogP contribution is 2.14. The van der Waals surface area contributed by atoms with Crippen LogP contribution < -0.4 is 4.90 Å². The molecule has 3 heteroatoms. The Bertz CT molecular complexity index is 319. The maximum absolute atomic E-state index is 11.1. The summed E-state index contributed by atoms with van der Waals surface area (Å²) in [7, 11) is 0. The Morgan fingerprint density at radius 2 is 2.07 bits per heavy atom. The average molecular weight is 192 g/mol. The van der Waals surface area contributed by atoms with E-state index in [0.717, 1.165) is 18.8 Å². The number of carbonyl (C=O) groups excluding carboxylic acids is 1. The topological polar surface area (TPSA) is 33.2 Å². The molecule has 1 aromatic heterocycles. The number of hydrogen-bond acceptors (Lipinski definition) is 3. The molecule has 0 aliphatic rings. The molecule has 3 nitrogen and oxygen atoms in total. The minimum absolute atomic E-state index is 0.0130. The predicted molar refractivity (Wildman–Crippen MR) is 57.8 cm³/mol. The molecule has 0 fully saturated rings. The Hall–Kier alpha value is -1.38. The summed E-state index contributed by atoms with van der Waals surface area (Å²) < 4.78 is 0. The van der Waals surface area contributed by atoms with Gasteiger partial charge in [-0.05, 0) is 26.0 Å². The molecule has 14 heavy (non-hydrogen) atoms. The summed E-state index contributed by atoms with van der Waals surface area (Å²) in [6.07, 6.45) is 1.68. The molecule has 1 rings (SSSR count). The standard InChI is InChI=1S/C11H16N2O/c1-4-13(5-2)10-6-7-12-11(8-10)9(3)14/h6-8H,4-5H2,1-3H3. The van der Waals surface area contributed by atoms with Crippen molar-refractivity contribution in [1.29, 1.82) is 0 Å². The molecule has 0 N–H and O–H groups in total. The summed E-state index contributed by atoms with van der Waals surface area (Å²) in [6.45, 7) is 7.61. The van der Waals surface area contributed by atoms with Crippen molar-refractivity contribution in [3.05, 3.63) is 24.0 Å². The molecule has 0 aromatic carbocycles. The molecule has 0 aliphatic carbocycles. The van der Waals surface area contributed by atoms with Crippen LogP contribution in [0.5, 0.6) is 0 Å². The fourth-order valence-electron chi connectivity index (χ4n) is 1.40. The van der Waals surface area contributed by atoms with E-state index in [9.17, 15) is 4.79 Å². The molecule has 1 heterocycles. The number of nitrogens with zero attached hydrogens (tertiary/aromatic N) is 2. The second kappa shape index (κ2) is 4.74. The maximum atomic E-state index is 11.1. The second-order valence-corrected chi connectivity index (χ2v) is 3.13.